The monoisotopic (exact) mass is 151 g/mol. The molecular weight excluding hydrogens is 139 g/mol. The SMILES string of the molecule is C[Si](C)(C)n1cccn1.[B]. The number of aromatic nitrogens is 2. The third-order valence-corrected chi connectivity index (χ3v) is 2.83. The largest absolute Gasteiger partial charge is 0.302 e. The molecule has 0 bridgehead atoms. The Morgan fingerprint density at radius 1 is 1.30 bits per heavy atom. The van der Waals surface area contributed by atoms with Crippen molar-refractivity contribution in [3.05, 3.63) is 18.5 Å². The van der Waals surface area contributed by atoms with Crippen molar-refractivity contribution in [2.24, 2.45) is 0 Å². The smallest absolute Gasteiger partial charge is 0.175 e. The average Bonchev–Trinajstić information content (AvgIpc) is 2.08. The number of hydrogen-bond donors (Lipinski definition) is 0. The van der Waals surface area contributed by atoms with Gasteiger partial charge in [-0.25, -0.2) is 0 Å². The van der Waals surface area contributed by atoms with Crippen molar-refractivity contribution >= 4 is 16.6 Å². The number of nitrogens with zero attached hydrogens (tertiary/aromatic N) is 2. The van der Waals surface area contributed by atoms with Gasteiger partial charge in [0, 0.05) is 20.8 Å². The first-order valence-electron chi connectivity index (χ1n) is 3.11. The van der Waals surface area contributed by atoms with Gasteiger partial charge in [-0.1, -0.05) is 0 Å². The summed E-state index contributed by atoms with van der Waals surface area (Å²) in [6.07, 6.45) is 3.87. The Labute approximate surface area is 64.9 Å². The molecular formula is C6H12BN2Si. The molecule has 0 unspecified atom stereocenters. The molecule has 0 fully saturated rings. The van der Waals surface area contributed by atoms with Gasteiger partial charge in [0.05, 0.1) is 0 Å². The fraction of sp³-hybridized carbons (Fsp3) is 0.500. The van der Waals surface area contributed by atoms with Crippen molar-refractivity contribution in [1.29, 1.82) is 0 Å². The molecule has 1 aromatic rings. The highest BCUT2D eigenvalue weighted by atomic mass is 28.3. The Balaban J connectivity index is 0.000000810. The summed E-state index contributed by atoms with van der Waals surface area (Å²) in [7, 11) is -1.18. The zero-order valence-corrected chi connectivity index (χ0v) is 7.70. The fourth-order valence-corrected chi connectivity index (χ4v) is 1.61. The number of rotatable bonds is 1. The molecule has 1 rings (SSSR count). The predicted octanol–water partition coefficient (Wildman–Crippen LogP) is 1.19. The Bertz CT molecular complexity index is 178. The summed E-state index contributed by atoms with van der Waals surface area (Å²) >= 11 is 0. The topological polar surface area (TPSA) is 17.8 Å². The molecule has 0 spiro atoms. The van der Waals surface area contributed by atoms with Crippen LogP contribution in [0.3, 0.4) is 0 Å². The minimum atomic E-state index is -1.18. The lowest BCUT2D eigenvalue weighted by Crippen LogP contribution is -2.32. The van der Waals surface area contributed by atoms with Gasteiger partial charge in [0.15, 0.2) is 8.24 Å². The van der Waals surface area contributed by atoms with Crippen molar-refractivity contribution in [3.8, 4) is 0 Å². The molecule has 0 saturated carbocycles. The van der Waals surface area contributed by atoms with Crippen molar-refractivity contribution in [2.45, 2.75) is 19.6 Å². The van der Waals surface area contributed by atoms with Crippen molar-refractivity contribution in [1.82, 2.24) is 9.45 Å². The van der Waals surface area contributed by atoms with E-state index in [0.717, 1.165) is 0 Å². The maximum Gasteiger partial charge on any atom is 0.175 e. The predicted molar refractivity (Wildman–Crippen MR) is 46.7 cm³/mol. The van der Waals surface area contributed by atoms with Crippen LogP contribution in [0.1, 0.15) is 0 Å². The second-order valence-electron chi connectivity index (χ2n) is 3.12. The first-order chi connectivity index (χ1) is 4.11. The Kier molecular flexibility index (Phi) is 2.90. The van der Waals surface area contributed by atoms with Gasteiger partial charge in [-0.2, -0.15) is 5.10 Å². The molecule has 3 radical (unpaired) electrons. The molecule has 10 heavy (non-hydrogen) atoms. The molecule has 53 valence electrons. The standard InChI is InChI=1S/C6H12N2Si.B/c1-9(2,3)8-6-4-5-7-8;/h4-6H,1-3H3;. The van der Waals surface area contributed by atoms with Crippen molar-refractivity contribution in [2.75, 3.05) is 0 Å². The third-order valence-electron chi connectivity index (χ3n) is 1.19. The summed E-state index contributed by atoms with van der Waals surface area (Å²) in [6, 6.07) is 1.97. The van der Waals surface area contributed by atoms with Crippen LogP contribution >= 0.6 is 0 Å². The second kappa shape index (κ2) is 3.05. The minimum absolute atomic E-state index is 0. The van der Waals surface area contributed by atoms with Crippen molar-refractivity contribution in [3.63, 3.8) is 0 Å². The molecule has 0 N–H and O–H groups in total. The molecule has 1 heterocycles. The normalized spacial score (nSPS) is 10.7. The highest BCUT2D eigenvalue weighted by Crippen LogP contribution is 2.01. The van der Waals surface area contributed by atoms with E-state index in [1.54, 1.807) is 0 Å². The van der Waals surface area contributed by atoms with E-state index < -0.39 is 8.24 Å². The van der Waals surface area contributed by atoms with Crippen molar-refractivity contribution < 1.29 is 0 Å². The van der Waals surface area contributed by atoms with E-state index in [1.807, 2.05) is 18.5 Å². The van der Waals surface area contributed by atoms with Gasteiger partial charge < -0.3 is 4.35 Å². The van der Waals surface area contributed by atoms with Crippen LogP contribution in [0.15, 0.2) is 18.5 Å². The van der Waals surface area contributed by atoms with Gasteiger partial charge in [-0.05, 0) is 25.7 Å². The van der Waals surface area contributed by atoms with Gasteiger partial charge in [0.25, 0.3) is 0 Å². The molecule has 0 atom stereocenters. The number of hydrogen-bond acceptors (Lipinski definition) is 1. The Morgan fingerprint density at radius 3 is 2.10 bits per heavy atom. The van der Waals surface area contributed by atoms with Gasteiger partial charge in [-0.3, -0.25) is 0 Å². The van der Waals surface area contributed by atoms with E-state index in [2.05, 4.69) is 29.1 Å². The Hall–Kier alpha value is -0.508. The van der Waals surface area contributed by atoms with E-state index >= 15 is 0 Å². The lowest BCUT2D eigenvalue weighted by atomic mass is 10.8. The molecule has 0 aliphatic carbocycles. The molecule has 2 nitrogen and oxygen atoms in total. The molecule has 0 aliphatic heterocycles. The van der Waals surface area contributed by atoms with Gasteiger partial charge >= 0.3 is 0 Å². The van der Waals surface area contributed by atoms with E-state index in [-0.39, 0.29) is 8.41 Å². The second-order valence-corrected chi connectivity index (χ2v) is 7.92. The van der Waals surface area contributed by atoms with E-state index in [0.29, 0.717) is 0 Å². The highest BCUT2D eigenvalue weighted by molar-refractivity contribution is 6.74. The molecule has 1 aromatic heterocycles. The van der Waals surface area contributed by atoms with Crippen LogP contribution in [0, 0.1) is 0 Å². The summed E-state index contributed by atoms with van der Waals surface area (Å²) in [5.41, 5.74) is 0. The van der Waals surface area contributed by atoms with Crippen LogP contribution in [-0.2, 0) is 0 Å². The summed E-state index contributed by atoms with van der Waals surface area (Å²) in [5, 5.41) is 4.17. The summed E-state index contributed by atoms with van der Waals surface area (Å²) in [5.74, 6) is 0. The first-order valence-corrected chi connectivity index (χ1v) is 6.55. The van der Waals surface area contributed by atoms with Gasteiger partial charge in [0.1, 0.15) is 0 Å². The zero-order valence-electron chi connectivity index (χ0n) is 6.70. The lowest BCUT2D eigenvalue weighted by molar-refractivity contribution is 0.934. The molecule has 0 aliphatic rings. The highest BCUT2D eigenvalue weighted by Gasteiger charge is 2.15. The van der Waals surface area contributed by atoms with Crippen LogP contribution in [-0.4, -0.2) is 26.1 Å². The van der Waals surface area contributed by atoms with Crippen LogP contribution in [0.2, 0.25) is 19.6 Å². The van der Waals surface area contributed by atoms with E-state index in [1.165, 1.54) is 0 Å². The maximum absolute atomic E-state index is 4.17. The van der Waals surface area contributed by atoms with Crippen LogP contribution in [0.5, 0.6) is 0 Å². The molecule has 4 heteroatoms. The zero-order chi connectivity index (χ0) is 6.91. The quantitative estimate of drug-likeness (QED) is 0.551. The van der Waals surface area contributed by atoms with Gasteiger partial charge in [-0.15, -0.1) is 0 Å². The summed E-state index contributed by atoms with van der Waals surface area (Å²) < 4.78 is 2.08. The molecule has 0 amide bonds. The minimum Gasteiger partial charge on any atom is -0.302 e. The lowest BCUT2D eigenvalue weighted by Gasteiger charge is -2.15. The first kappa shape index (κ1) is 9.49. The van der Waals surface area contributed by atoms with E-state index in [4.69, 9.17) is 0 Å². The Morgan fingerprint density at radius 2 is 1.90 bits per heavy atom. The maximum atomic E-state index is 4.17. The third kappa shape index (κ3) is 2.02. The average molecular weight is 151 g/mol. The summed E-state index contributed by atoms with van der Waals surface area (Å²) in [6.45, 7) is 6.79. The van der Waals surface area contributed by atoms with Crippen LogP contribution < -0.4 is 0 Å². The summed E-state index contributed by atoms with van der Waals surface area (Å²) in [4.78, 5) is 0. The van der Waals surface area contributed by atoms with E-state index in [9.17, 15) is 0 Å². The van der Waals surface area contributed by atoms with Gasteiger partial charge in [0.2, 0.25) is 0 Å². The molecule has 0 saturated heterocycles. The van der Waals surface area contributed by atoms with Crippen LogP contribution in [0.25, 0.3) is 0 Å². The molecule has 0 aromatic carbocycles. The van der Waals surface area contributed by atoms with Crippen LogP contribution in [0.4, 0.5) is 0 Å². The fourth-order valence-electron chi connectivity index (χ4n) is 0.666.